The standard InChI is InChI=1S/C51H87NO5/c1-4-7-10-13-16-19-21-23-24-25-26-27-29-32-35-38-41-44-51(56)57-47(42-39-36-33-31-28-22-20-17-14-11-8-5-2)45-50(55)52-48(46-53)49(54)43-40-37-34-30-18-15-12-9-6-3/h7,10,13,16,19,21,23-27,29,31,33,47-49,53-54H,4-6,8-9,11-12,14-15,17-18,20,22,28,30,32,34-46H2,1-3H3,(H,52,55)/b10-7-,16-13+,21-19+,24-23-,26-25+,29-27+,33-31-. The molecule has 0 aromatic rings. The molecule has 0 bridgehead atoms. The van der Waals surface area contributed by atoms with Gasteiger partial charge in [0.2, 0.25) is 5.91 Å². The van der Waals surface area contributed by atoms with Gasteiger partial charge in [0, 0.05) is 6.42 Å². The monoisotopic (exact) mass is 794 g/mol. The molecule has 0 fully saturated rings. The van der Waals surface area contributed by atoms with Crippen LogP contribution in [0.4, 0.5) is 0 Å². The summed E-state index contributed by atoms with van der Waals surface area (Å²) < 4.78 is 5.87. The number of carbonyl (C=O) groups is 2. The lowest BCUT2D eigenvalue weighted by atomic mass is 10.0. The fourth-order valence-corrected chi connectivity index (χ4v) is 6.58. The Morgan fingerprint density at radius 1 is 0.526 bits per heavy atom. The SMILES string of the molecule is CC\C=C/C=C/C=C/C=C\C=C\C=C\CCCCCC(=O)OC(CCC/C=C\CCCCCCCCC)CC(=O)NC(CO)C(O)CCCCCCCCCCC. The minimum absolute atomic E-state index is 0.0339. The smallest absolute Gasteiger partial charge is 0.306 e. The Bertz CT molecular complexity index is 1120. The van der Waals surface area contributed by atoms with Gasteiger partial charge in [-0.25, -0.2) is 0 Å². The van der Waals surface area contributed by atoms with Crippen molar-refractivity contribution in [2.75, 3.05) is 6.61 Å². The van der Waals surface area contributed by atoms with Crippen molar-refractivity contribution in [2.45, 2.75) is 219 Å². The van der Waals surface area contributed by atoms with Crippen LogP contribution in [0.2, 0.25) is 0 Å². The predicted octanol–water partition coefficient (Wildman–Crippen LogP) is 13.6. The van der Waals surface area contributed by atoms with Gasteiger partial charge >= 0.3 is 5.97 Å². The Morgan fingerprint density at radius 3 is 1.53 bits per heavy atom. The molecule has 0 aliphatic carbocycles. The van der Waals surface area contributed by atoms with E-state index < -0.39 is 18.2 Å². The van der Waals surface area contributed by atoms with Crippen LogP contribution < -0.4 is 5.32 Å². The van der Waals surface area contributed by atoms with Gasteiger partial charge in [0.25, 0.3) is 0 Å². The van der Waals surface area contributed by atoms with Gasteiger partial charge in [-0.15, -0.1) is 0 Å². The highest BCUT2D eigenvalue weighted by Crippen LogP contribution is 2.16. The minimum atomic E-state index is -0.804. The summed E-state index contributed by atoms with van der Waals surface area (Å²) in [6.07, 6.45) is 56.4. The highest BCUT2D eigenvalue weighted by molar-refractivity contribution is 5.77. The van der Waals surface area contributed by atoms with Gasteiger partial charge < -0.3 is 20.3 Å². The summed E-state index contributed by atoms with van der Waals surface area (Å²) in [5, 5.41) is 23.6. The zero-order chi connectivity index (χ0) is 41.7. The summed E-state index contributed by atoms with van der Waals surface area (Å²) in [6.45, 7) is 6.27. The molecule has 0 aliphatic heterocycles. The second-order valence-corrected chi connectivity index (χ2v) is 15.6. The molecular formula is C51H87NO5. The second kappa shape index (κ2) is 44.1. The maximum Gasteiger partial charge on any atom is 0.306 e. The van der Waals surface area contributed by atoms with Gasteiger partial charge in [0.05, 0.1) is 25.2 Å². The second-order valence-electron chi connectivity index (χ2n) is 15.6. The van der Waals surface area contributed by atoms with Crippen molar-refractivity contribution in [3.63, 3.8) is 0 Å². The number of hydrogen-bond acceptors (Lipinski definition) is 5. The van der Waals surface area contributed by atoms with Crippen LogP contribution in [-0.2, 0) is 14.3 Å². The predicted molar refractivity (Wildman–Crippen MR) is 245 cm³/mol. The fraction of sp³-hybridized carbons (Fsp3) is 0.686. The molecule has 0 aromatic heterocycles. The average Bonchev–Trinajstić information content (AvgIpc) is 3.20. The number of carbonyl (C=O) groups excluding carboxylic acids is 2. The third kappa shape index (κ3) is 39.6. The molecule has 1 amide bonds. The van der Waals surface area contributed by atoms with Crippen molar-refractivity contribution < 1.29 is 24.5 Å². The van der Waals surface area contributed by atoms with E-state index in [1.807, 2.05) is 54.7 Å². The molecule has 57 heavy (non-hydrogen) atoms. The summed E-state index contributed by atoms with van der Waals surface area (Å²) in [7, 11) is 0. The van der Waals surface area contributed by atoms with Crippen molar-refractivity contribution in [3.05, 3.63) is 85.1 Å². The van der Waals surface area contributed by atoms with E-state index in [0.717, 1.165) is 70.6 Å². The molecule has 0 heterocycles. The number of amides is 1. The molecular weight excluding hydrogens is 707 g/mol. The minimum Gasteiger partial charge on any atom is -0.462 e. The van der Waals surface area contributed by atoms with E-state index in [2.05, 4.69) is 56.5 Å². The number of esters is 1. The van der Waals surface area contributed by atoms with Gasteiger partial charge in [-0.05, 0) is 64.2 Å². The molecule has 0 aromatic carbocycles. The van der Waals surface area contributed by atoms with Crippen LogP contribution in [0.15, 0.2) is 85.1 Å². The van der Waals surface area contributed by atoms with Crippen molar-refractivity contribution >= 4 is 11.9 Å². The van der Waals surface area contributed by atoms with Gasteiger partial charge in [-0.2, -0.15) is 0 Å². The van der Waals surface area contributed by atoms with E-state index in [9.17, 15) is 19.8 Å². The number of aliphatic hydroxyl groups is 2. The Kier molecular flexibility index (Phi) is 41.9. The molecule has 3 unspecified atom stereocenters. The third-order valence-electron chi connectivity index (χ3n) is 10.1. The molecule has 0 spiro atoms. The zero-order valence-corrected chi connectivity index (χ0v) is 36.9. The lowest BCUT2D eigenvalue weighted by molar-refractivity contribution is -0.151. The van der Waals surface area contributed by atoms with E-state index in [-0.39, 0.29) is 24.9 Å². The average molecular weight is 794 g/mol. The summed E-state index contributed by atoms with van der Waals surface area (Å²) in [5.74, 6) is -0.563. The van der Waals surface area contributed by atoms with E-state index in [1.165, 1.54) is 83.5 Å². The van der Waals surface area contributed by atoms with Gasteiger partial charge in [0.15, 0.2) is 0 Å². The maximum absolute atomic E-state index is 13.1. The number of rotatable bonds is 40. The van der Waals surface area contributed by atoms with Crippen LogP contribution in [0.25, 0.3) is 0 Å². The van der Waals surface area contributed by atoms with Crippen LogP contribution in [0.3, 0.4) is 0 Å². The molecule has 0 aliphatic rings. The molecule has 3 N–H and O–H groups in total. The Labute approximate surface area is 351 Å². The van der Waals surface area contributed by atoms with Crippen molar-refractivity contribution in [3.8, 4) is 0 Å². The Hall–Kier alpha value is -2.96. The van der Waals surface area contributed by atoms with Crippen molar-refractivity contribution in [1.29, 1.82) is 0 Å². The van der Waals surface area contributed by atoms with E-state index in [4.69, 9.17) is 4.74 Å². The highest BCUT2D eigenvalue weighted by atomic mass is 16.5. The van der Waals surface area contributed by atoms with Crippen LogP contribution in [0, 0.1) is 0 Å². The number of allylic oxidation sites excluding steroid dienone is 14. The zero-order valence-electron chi connectivity index (χ0n) is 36.9. The van der Waals surface area contributed by atoms with E-state index in [1.54, 1.807) is 0 Å². The first kappa shape index (κ1) is 54.0. The maximum atomic E-state index is 13.1. The van der Waals surface area contributed by atoms with Gasteiger partial charge in [-0.3, -0.25) is 9.59 Å². The normalized spacial score (nSPS) is 14.1. The Balaban J connectivity index is 4.73. The Morgan fingerprint density at radius 2 is 0.982 bits per heavy atom. The molecule has 6 nitrogen and oxygen atoms in total. The van der Waals surface area contributed by atoms with E-state index >= 15 is 0 Å². The van der Waals surface area contributed by atoms with E-state index in [0.29, 0.717) is 19.3 Å². The van der Waals surface area contributed by atoms with Crippen LogP contribution in [0.5, 0.6) is 0 Å². The van der Waals surface area contributed by atoms with Crippen LogP contribution in [0.1, 0.15) is 201 Å². The van der Waals surface area contributed by atoms with Crippen LogP contribution in [-0.4, -0.2) is 46.9 Å². The number of hydrogen-bond donors (Lipinski definition) is 3. The lowest BCUT2D eigenvalue weighted by Gasteiger charge is -2.24. The van der Waals surface area contributed by atoms with Gasteiger partial charge in [0.1, 0.15) is 6.10 Å². The molecule has 326 valence electrons. The summed E-state index contributed by atoms with van der Waals surface area (Å²) >= 11 is 0. The molecule has 6 heteroatoms. The summed E-state index contributed by atoms with van der Waals surface area (Å²) in [5.41, 5.74) is 0. The topological polar surface area (TPSA) is 95.9 Å². The summed E-state index contributed by atoms with van der Waals surface area (Å²) in [4.78, 5) is 26.0. The van der Waals surface area contributed by atoms with Crippen molar-refractivity contribution in [2.24, 2.45) is 0 Å². The first-order chi connectivity index (χ1) is 28.0. The largest absolute Gasteiger partial charge is 0.462 e. The number of nitrogens with one attached hydrogen (secondary N) is 1. The molecule has 0 saturated heterocycles. The molecule has 0 radical (unpaired) electrons. The highest BCUT2D eigenvalue weighted by Gasteiger charge is 2.24. The quantitative estimate of drug-likeness (QED) is 0.0248. The van der Waals surface area contributed by atoms with Gasteiger partial charge in [-0.1, -0.05) is 209 Å². The first-order valence-corrected chi connectivity index (χ1v) is 23.4. The third-order valence-corrected chi connectivity index (χ3v) is 10.1. The lowest BCUT2D eigenvalue weighted by Crippen LogP contribution is -2.46. The molecule has 0 rings (SSSR count). The number of unbranched alkanes of at least 4 members (excludes halogenated alkanes) is 19. The molecule has 3 atom stereocenters. The molecule has 0 saturated carbocycles. The number of aliphatic hydroxyl groups excluding tert-OH is 2. The fourth-order valence-electron chi connectivity index (χ4n) is 6.58. The number of ether oxygens (including phenoxy) is 1. The van der Waals surface area contributed by atoms with Crippen LogP contribution >= 0.6 is 0 Å². The summed E-state index contributed by atoms with van der Waals surface area (Å²) in [6, 6.07) is -0.721. The first-order valence-electron chi connectivity index (χ1n) is 23.4. The van der Waals surface area contributed by atoms with Crippen molar-refractivity contribution in [1.82, 2.24) is 5.32 Å².